The summed E-state index contributed by atoms with van der Waals surface area (Å²) in [6, 6.07) is 2.43. The molecule has 3 N–H and O–H groups in total. The molecule has 1 unspecified atom stereocenters. The van der Waals surface area contributed by atoms with Crippen molar-refractivity contribution in [3.63, 3.8) is 0 Å². The molecular formula is C9H11BrO3. The standard InChI is InChI=1S/C9H11BrO3/c1-5(10)2-7-8(12)3-6(11)4-9(7)13/h3-5,11-13H,2H2,1H3. The maximum Gasteiger partial charge on any atom is 0.126 e. The van der Waals surface area contributed by atoms with Crippen molar-refractivity contribution in [3.05, 3.63) is 17.7 Å². The first kappa shape index (κ1) is 10.2. The largest absolute Gasteiger partial charge is 0.508 e. The molecule has 1 rings (SSSR count). The van der Waals surface area contributed by atoms with E-state index in [0.717, 1.165) is 0 Å². The summed E-state index contributed by atoms with van der Waals surface area (Å²) in [4.78, 5) is 0.161. The Kier molecular flexibility index (Phi) is 3.03. The molecule has 3 nitrogen and oxygen atoms in total. The first-order valence-electron chi connectivity index (χ1n) is 3.88. The van der Waals surface area contributed by atoms with E-state index in [1.807, 2.05) is 6.92 Å². The Morgan fingerprint density at radius 1 is 1.23 bits per heavy atom. The van der Waals surface area contributed by atoms with Crippen LogP contribution in [0, 0.1) is 0 Å². The predicted molar refractivity (Wildman–Crippen MR) is 53.5 cm³/mol. The highest BCUT2D eigenvalue weighted by molar-refractivity contribution is 9.09. The number of halogens is 1. The fourth-order valence-electron chi connectivity index (χ4n) is 1.12. The minimum absolute atomic E-state index is 0.0798. The minimum atomic E-state index is -0.138. The van der Waals surface area contributed by atoms with Crippen molar-refractivity contribution in [1.29, 1.82) is 0 Å². The van der Waals surface area contributed by atoms with Gasteiger partial charge in [0.15, 0.2) is 0 Å². The molecule has 0 aliphatic heterocycles. The van der Waals surface area contributed by atoms with Gasteiger partial charge < -0.3 is 15.3 Å². The number of hydrogen-bond acceptors (Lipinski definition) is 3. The van der Waals surface area contributed by atoms with E-state index in [9.17, 15) is 10.2 Å². The van der Waals surface area contributed by atoms with E-state index in [2.05, 4.69) is 15.9 Å². The van der Waals surface area contributed by atoms with E-state index in [1.165, 1.54) is 12.1 Å². The average Bonchev–Trinajstić information content (AvgIpc) is 1.96. The number of benzene rings is 1. The van der Waals surface area contributed by atoms with Crippen molar-refractivity contribution in [2.45, 2.75) is 18.2 Å². The highest BCUT2D eigenvalue weighted by Crippen LogP contribution is 2.33. The number of alkyl halides is 1. The molecule has 0 spiro atoms. The SMILES string of the molecule is CC(Br)Cc1c(O)cc(O)cc1O. The Hall–Kier alpha value is -0.900. The molecule has 0 saturated carbocycles. The van der Waals surface area contributed by atoms with Gasteiger partial charge in [0.1, 0.15) is 17.2 Å². The number of phenolic OH excluding ortho intramolecular Hbond substituents is 3. The zero-order valence-corrected chi connectivity index (χ0v) is 8.74. The van der Waals surface area contributed by atoms with Crippen LogP contribution in [0.2, 0.25) is 0 Å². The lowest BCUT2D eigenvalue weighted by molar-refractivity contribution is 0.419. The molecular weight excluding hydrogens is 236 g/mol. The van der Waals surface area contributed by atoms with Crippen LogP contribution in [-0.2, 0) is 6.42 Å². The number of phenols is 3. The summed E-state index contributed by atoms with van der Waals surface area (Å²) in [6.45, 7) is 1.91. The van der Waals surface area contributed by atoms with Gasteiger partial charge in [-0.2, -0.15) is 0 Å². The van der Waals surface area contributed by atoms with E-state index >= 15 is 0 Å². The molecule has 1 atom stereocenters. The molecule has 0 heterocycles. The molecule has 0 aliphatic carbocycles. The monoisotopic (exact) mass is 246 g/mol. The van der Waals surface area contributed by atoms with Gasteiger partial charge in [0.05, 0.1) is 0 Å². The Labute approximate surface area is 84.8 Å². The van der Waals surface area contributed by atoms with Gasteiger partial charge >= 0.3 is 0 Å². The Morgan fingerprint density at radius 3 is 2.08 bits per heavy atom. The molecule has 13 heavy (non-hydrogen) atoms. The summed E-state index contributed by atoms with van der Waals surface area (Å²) in [5.74, 6) is -0.298. The predicted octanol–water partition coefficient (Wildman–Crippen LogP) is 2.13. The Bertz CT molecular complexity index is 287. The van der Waals surface area contributed by atoms with Crippen LogP contribution >= 0.6 is 15.9 Å². The smallest absolute Gasteiger partial charge is 0.126 e. The fourth-order valence-corrected chi connectivity index (χ4v) is 1.44. The molecule has 0 radical (unpaired) electrons. The van der Waals surface area contributed by atoms with Crippen LogP contribution in [0.25, 0.3) is 0 Å². The Morgan fingerprint density at radius 2 is 1.69 bits per heavy atom. The molecule has 72 valence electrons. The van der Waals surface area contributed by atoms with Crippen LogP contribution in [0.15, 0.2) is 12.1 Å². The number of rotatable bonds is 2. The van der Waals surface area contributed by atoms with Crippen LogP contribution in [-0.4, -0.2) is 20.1 Å². The molecule has 0 aromatic heterocycles. The lowest BCUT2D eigenvalue weighted by Gasteiger charge is -2.08. The second kappa shape index (κ2) is 3.87. The van der Waals surface area contributed by atoms with Gasteiger partial charge in [0.25, 0.3) is 0 Å². The van der Waals surface area contributed by atoms with E-state index in [0.29, 0.717) is 12.0 Å². The maximum atomic E-state index is 9.38. The third-order valence-corrected chi connectivity index (χ3v) is 2.00. The van der Waals surface area contributed by atoms with E-state index in [1.54, 1.807) is 0 Å². The highest BCUT2D eigenvalue weighted by Gasteiger charge is 2.11. The maximum absolute atomic E-state index is 9.38. The zero-order valence-electron chi connectivity index (χ0n) is 7.16. The summed E-state index contributed by atoms with van der Waals surface area (Å²) in [5.41, 5.74) is 0.446. The fraction of sp³-hybridized carbons (Fsp3) is 0.333. The van der Waals surface area contributed by atoms with Crippen LogP contribution < -0.4 is 0 Å². The van der Waals surface area contributed by atoms with Crippen molar-refractivity contribution in [2.75, 3.05) is 0 Å². The van der Waals surface area contributed by atoms with Gasteiger partial charge in [-0.15, -0.1) is 0 Å². The number of hydrogen-bond donors (Lipinski definition) is 3. The first-order valence-corrected chi connectivity index (χ1v) is 4.80. The molecule has 0 fully saturated rings. The third kappa shape index (κ3) is 2.52. The van der Waals surface area contributed by atoms with E-state index in [-0.39, 0.29) is 22.1 Å². The lowest BCUT2D eigenvalue weighted by atomic mass is 10.1. The van der Waals surface area contributed by atoms with Gasteiger partial charge in [0, 0.05) is 22.5 Å². The first-order chi connectivity index (χ1) is 6.00. The zero-order chi connectivity index (χ0) is 10.0. The highest BCUT2D eigenvalue weighted by atomic mass is 79.9. The quantitative estimate of drug-likeness (QED) is 0.701. The van der Waals surface area contributed by atoms with E-state index < -0.39 is 0 Å². The molecule has 4 heteroatoms. The summed E-state index contributed by atoms with van der Waals surface area (Å²) >= 11 is 3.31. The average molecular weight is 247 g/mol. The Balaban J connectivity index is 3.06. The third-order valence-electron chi connectivity index (χ3n) is 1.67. The second-order valence-corrected chi connectivity index (χ2v) is 4.51. The lowest BCUT2D eigenvalue weighted by Crippen LogP contribution is -1.97. The summed E-state index contributed by atoms with van der Waals surface area (Å²) in [5, 5.41) is 27.8. The van der Waals surface area contributed by atoms with Crippen LogP contribution in [0.3, 0.4) is 0 Å². The molecule has 0 amide bonds. The van der Waals surface area contributed by atoms with Gasteiger partial charge in [0.2, 0.25) is 0 Å². The normalized spacial score (nSPS) is 12.8. The van der Waals surface area contributed by atoms with Crippen molar-refractivity contribution < 1.29 is 15.3 Å². The minimum Gasteiger partial charge on any atom is -0.508 e. The van der Waals surface area contributed by atoms with Gasteiger partial charge in [-0.25, -0.2) is 0 Å². The molecule has 0 bridgehead atoms. The summed E-state index contributed by atoms with van der Waals surface area (Å²) in [7, 11) is 0. The van der Waals surface area contributed by atoms with Gasteiger partial charge in [-0.05, 0) is 6.42 Å². The van der Waals surface area contributed by atoms with Crippen LogP contribution in [0.4, 0.5) is 0 Å². The van der Waals surface area contributed by atoms with Crippen LogP contribution in [0.5, 0.6) is 17.2 Å². The van der Waals surface area contributed by atoms with E-state index in [4.69, 9.17) is 5.11 Å². The second-order valence-electron chi connectivity index (χ2n) is 2.95. The van der Waals surface area contributed by atoms with Crippen LogP contribution in [0.1, 0.15) is 12.5 Å². The van der Waals surface area contributed by atoms with Crippen molar-refractivity contribution in [1.82, 2.24) is 0 Å². The molecule has 0 saturated heterocycles. The molecule has 0 aliphatic rings. The van der Waals surface area contributed by atoms with Crippen molar-refractivity contribution in [2.24, 2.45) is 0 Å². The molecule has 1 aromatic carbocycles. The summed E-state index contributed by atoms with van der Waals surface area (Å²) in [6.07, 6.45) is 0.512. The topological polar surface area (TPSA) is 60.7 Å². The van der Waals surface area contributed by atoms with Gasteiger partial charge in [-0.3, -0.25) is 0 Å². The number of aromatic hydroxyl groups is 3. The summed E-state index contributed by atoms with van der Waals surface area (Å²) < 4.78 is 0. The van der Waals surface area contributed by atoms with Crippen molar-refractivity contribution in [3.8, 4) is 17.2 Å². The van der Waals surface area contributed by atoms with Crippen molar-refractivity contribution >= 4 is 15.9 Å². The molecule has 1 aromatic rings. The van der Waals surface area contributed by atoms with Gasteiger partial charge in [-0.1, -0.05) is 22.9 Å².